The maximum Gasteiger partial charge on any atom is 0.492 e. The van der Waals surface area contributed by atoms with Crippen LogP contribution in [0.3, 0.4) is 0 Å². The highest BCUT2D eigenvalue weighted by atomic mass is 16.5. The topological polar surface area (TPSA) is 85.2 Å². The number of aromatic hydroxyl groups is 1. The van der Waals surface area contributed by atoms with Gasteiger partial charge in [0.05, 0.1) is 19.1 Å². The van der Waals surface area contributed by atoms with Crippen LogP contribution in [0.4, 0.5) is 0 Å². The molecular formula is C18H19BO6. The Morgan fingerprint density at radius 3 is 2.76 bits per heavy atom. The minimum Gasteiger partial charge on any atom is -0.508 e. The Kier molecular flexibility index (Phi) is 5.26. The Bertz CT molecular complexity index is 749. The van der Waals surface area contributed by atoms with Crippen molar-refractivity contribution in [3.8, 4) is 11.5 Å². The van der Waals surface area contributed by atoms with Gasteiger partial charge < -0.3 is 24.3 Å². The second-order valence-corrected chi connectivity index (χ2v) is 5.71. The molecule has 25 heavy (non-hydrogen) atoms. The predicted octanol–water partition coefficient (Wildman–Crippen LogP) is 1.68. The highest BCUT2D eigenvalue weighted by Gasteiger charge is 2.39. The molecule has 0 fully saturated rings. The first-order valence-electron chi connectivity index (χ1n) is 8.11. The summed E-state index contributed by atoms with van der Waals surface area (Å²) in [6, 6.07) is 12.4. The molecule has 0 spiro atoms. The number of benzene rings is 2. The number of phenolic OH excluding ortho intramolecular Hbond substituents is 1. The number of carbonyl (C=O) groups is 1. The van der Waals surface area contributed by atoms with Crippen LogP contribution in [0.2, 0.25) is 0 Å². The number of ether oxygens (including phenoxy) is 2. The van der Waals surface area contributed by atoms with Gasteiger partial charge in [-0.3, -0.25) is 4.79 Å². The molecule has 1 aliphatic rings. The van der Waals surface area contributed by atoms with Crippen LogP contribution in [-0.4, -0.2) is 29.8 Å². The first-order valence-corrected chi connectivity index (χ1v) is 8.11. The maximum absolute atomic E-state index is 11.8. The molecule has 2 N–H and O–H groups in total. The molecule has 0 radical (unpaired) electrons. The zero-order valence-corrected chi connectivity index (χ0v) is 13.8. The zero-order chi connectivity index (χ0) is 17.8. The van der Waals surface area contributed by atoms with Gasteiger partial charge in [0.1, 0.15) is 18.1 Å². The third-order valence-corrected chi connectivity index (χ3v) is 3.93. The average Bonchev–Trinajstić information content (AvgIpc) is 2.89. The highest BCUT2D eigenvalue weighted by Crippen LogP contribution is 2.37. The lowest BCUT2D eigenvalue weighted by Gasteiger charge is -2.16. The van der Waals surface area contributed by atoms with Crippen molar-refractivity contribution < 1.29 is 29.1 Å². The summed E-state index contributed by atoms with van der Waals surface area (Å²) in [5.41, 5.74) is 1.92. The van der Waals surface area contributed by atoms with Crippen LogP contribution in [0.25, 0.3) is 0 Å². The van der Waals surface area contributed by atoms with Gasteiger partial charge in [-0.2, -0.15) is 0 Å². The normalized spacial score (nSPS) is 15.8. The largest absolute Gasteiger partial charge is 0.508 e. The number of hydrogen-bond donors (Lipinski definition) is 2. The molecule has 6 nitrogen and oxygen atoms in total. The number of carbonyl (C=O) groups excluding carboxylic acids is 1. The fourth-order valence-electron chi connectivity index (χ4n) is 2.86. The van der Waals surface area contributed by atoms with E-state index in [4.69, 9.17) is 14.1 Å². The molecule has 1 aliphatic heterocycles. The fraction of sp³-hybridized carbons (Fsp3) is 0.278. The molecule has 1 heterocycles. The van der Waals surface area contributed by atoms with E-state index in [1.165, 1.54) is 12.1 Å². The van der Waals surface area contributed by atoms with E-state index in [9.17, 15) is 14.9 Å². The number of esters is 1. The molecule has 130 valence electrons. The van der Waals surface area contributed by atoms with Gasteiger partial charge in [0.2, 0.25) is 0 Å². The second kappa shape index (κ2) is 7.59. The van der Waals surface area contributed by atoms with Crippen molar-refractivity contribution in [3.05, 3.63) is 53.6 Å². The summed E-state index contributed by atoms with van der Waals surface area (Å²) >= 11 is 0. The van der Waals surface area contributed by atoms with Gasteiger partial charge >= 0.3 is 13.1 Å². The molecule has 0 aromatic heterocycles. The summed E-state index contributed by atoms with van der Waals surface area (Å²) in [5, 5.41) is 20.0. The van der Waals surface area contributed by atoms with Gasteiger partial charge in [0, 0.05) is 11.6 Å². The second-order valence-electron chi connectivity index (χ2n) is 5.71. The van der Waals surface area contributed by atoms with Gasteiger partial charge in [0.15, 0.2) is 0 Å². The van der Waals surface area contributed by atoms with Crippen molar-refractivity contribution in [1.82, 2.24) is 0 Å². The molecule has 3 rings (SSSR count). The summed E-state index contributed by atoms with van der Waals surface area (Å²) < 4.78 is 16.2. The number of rotatable bonds is 6. The van der Waals surface area contributed by atoms with Crippen LogP contribution in [0.1, 0.15) is 30.6 Å². The van der Waals surface area contributed by atoms with E-state index in [1.54, 1.807) is 6.92 Å². The lowest BCUT2D eigenvalue weighted by molar-refractivity contribution is -0.145. The molecule has 2 aromatic rings. The smallest absolute Gasteiger partial charge is 0.492 e. The van der Waals surface area contributed by atoms with Crippen LogP contribution < -0.4 is 10.2 Å². The van der Waals surface area contributed by atoms with Gasteiger partial charge in [-0.05, 0) is 24.0 Å². The van der Waals surface area contributed by atoms with E-state index in [1.807, 2.05) is 30.3 Å². The standard InChI is InChI=1S/C18H19BO6/c1-2-23-17(21)10-16-18-14(19(22)25-16)8-13(20)9-15(18)24-11-12-6-4-3-5-7-12/h3-9,16,20,22H,2,10-11H2,1H3. The van der Waals surface area contributed by atoms with E-state index < -0.39 is 19.2 Å². The molecule has 0 bridgehead atoms. The van der Waals surface area contributed by atoms with Gasteiger partial charge in [-0.15, -0.1) is 0 Å². The van der Waals surface area contributed by atoms with Crippen LogP contribution >= 0.6 is 0 Å². The van der Waals surface area contributed by atoms with E-state index in [0.717, 1.165) is 5.56 Å². The summed E-state index contributed by atoms with van der Waals surface area (Å²) in [7, 11) is -1.22. The van der Waals surface area contributed by atoms with Crippen LogP contribution in [-0.2, 0) is 20.8 Å². The highest BCUT2D eigenvalue weighted by molar-refractivity contribution is 6.62. The number of hydrogen-bond acceptors (Lipinski definition) is 6. The Labute approximate surface area is 146 Å². The van der Waals surface area contributed by atoms with Crippen molar-refractivity contribution in [2.24, 2.45) is 0 Å². The van der Waals surface area contributed by atoms with Crippen LogP contribution in [0.15, 0.2) is 42.5 Å². The Balaban J connectivity index is 1.86. The molecule has 0 aliphatic carbocycles. The molecule has 2 aromatic carbocycles. The number of phenols is 1. The predicted molar refractivity (Wildman–Crippen MR) is 91.6 cm³/mol. The van der Waals surface area contributed by atoms with Crippen molar-refractivity contribution in [2.75, 3.05) is 6.61 Å². The SMILES string of the molecule is CCOC(=O)CC1OB(O)c2cc(O)cc(OCc3ccccc3)c21. The molecule has 0 amide bonds. The third kappa shape index (κ3) is 3.95. The quantitative estimate of drug-likeness (QED) is 0.614. The summed E-state index contributed by atoms with van der Waals surface area (Å²) in [5.74, 6) is -0.0828. The minimum atomic E-state index is -1.22. The Morgan fingerprint density at radius 2 is 2.04 bits per heavy atom. The molecular weight excluding hydrogens is 323 g/mol. The van der Waals surface area contributed by atoms with Crippen molar-refractivity contribution in [1.29, 1.82) is 0 Å². The van der Waals surface area contributed by atoms with E-state index in [0.29, 0.717) is 23.4 Å². The molecule has 1 unspecified atom stereocenters. The maximum atomic E-state index is 11.8. The summed E-state index contributed by atoms with van der Waals surface area (Å²) in [4.78, 5) is 11.8. The Morgan fingerprint density at radius 1 is 1.28 bits per heavy atom. The average molecular weight is 342 g/mol. The first kappa shape index (κ1) is 17.3. The Hall–Kier alpha value is -2.51. The van der Waals surface area contributed by atoms with Gasteiger partial charge in [-0.25, -0.2) is 0 Å². The van der Waals surface area contributed by atoms with Crippen LogP contribution in [0.5, 0.6) is 11.5 Å². The fourth-order valence-corrected chi connectivity index (χ4v) is 2.86. The monoisotopic (exact) mass is 342 g/mol. The first-order chi connectivity index (χ1) is 12.1. The molecule has 0 saturated carbocycles. The lowest BCUT2D eigenvalue weighted by Crippen LogP contribution is -2.28. The zero-order valence-electron chi connectivity index (χ0n) is 13.8. The summed E-state index contributed by atoms with van der Waals surface area (Å²) in [6.45, 7) is 2.29. The van der Waals surface area contributed by atoms with Crippen molar-refractivity contribution in [2.45, 2.75) is 26.1 Å². The summed E-state index contributed by atoms with van der Waals surface area (Å²) in [6.07, 6.45) is -0.722. The van der Waals surface area contributed by atoms with E-state index >= 15 is 0 Å². The van der Waals surface area contributed by atoms with Crippen molar-refractivity contribution >= 4 is 18.6 Å². The van der Waals surface area contributed by atoms with Crippen molar-refractivity contribution in [3.63, 3.8) is 0 Å². The number of fused-ring (bicyclic) bond motifs is 1. The molecule has 0 saturated heterocycles. The van der Waals surface area contributed by atoms with E-state index in [2.05, 4.69) is 0 Å². The van der Waals surface area contributed by atoms with Gasteiger partial charge in [-0.1, -0.05) is 30.3 Å². The van der Waals surface area contributed by atoms with Crippen LogP contribution in [0, 0.1) is 0 Å². The third-order valence-electron chi connectivity index (χ3n) is 3.93. The minimum absolute atomic E-state index is 0.0373. The lowest BCUT2D eigenvalue weighted by atomic mass is 9.78. The van der Waals surface area contributed by atoms with Gasteiger partial charge in [0.25, 0.3) is 0 Å². The molecule has 7 heteroatoms. The van der Waals surface area contributed by atoms with E-state index in [-0.39, 0.29) is 18.8 Å². The molecule has 1 atom stereocenters.